The number of carbonyl (C=O) groups excluding carboxylic acids is 1. The van der Waals surface area contributed by atoms with Gasteiger partial charge in [-0.3, -0.25) is 19.9 Å². The molecule has 8 nitrogen and oxygen atoms in total. The number of nitrogens with one attached hydrogen (secondary N) is 1. The summed E-state index contributed by atoms with van der Waals surface area (Å²) >= 11 is 0. The van der Waals surface area contributed by atoms with Crippen LogP contribution in [0.25, 0.3) is 6.08 Å². The quantitative estimate of drug-likeness (QED) is 0.131. The number of hydrogen-bond donors (Lipinski definition) is 1. The number of hydrazone groups is 1. The van der Waals surface area contributed by atoms with Crippen molar-refractivity contribution < 1.29 is 9.72 Å². The van der Waals surface area contributed by atoms with Gasteiger partial charge in [-0.05, 0) is 47.0 Å². The zero-order valence-electron chi connectivity index (χ0n) is 20.8. The molecule has 0 aliphatic carbocycles. The Hall–Kier alpha value is -5.55. The third kappa shape index (κ3) is 5.73. The van der Waals surface area contributed by atoms with Crippen LogP contribution in [-0.2, 0) is 4.79 Å². The first kappa shape index (κ1) is 25.1. The van der Waals surface area contributed by atoms with Crippen LogP contribution in [0.4, 0.5) is 17.1 Å². The third-order valence-corrected chi connectivity index (χ3v) is 6.37. The number of amides is 1. The highest BCUT2D eigenvalue weighted by molar-refractivity contribution is 6.09. The molecule has 39 heavy (non-hydrogen) atoms. The zero-order chi connectivity index (χ0) is 27.2. The average molecular weight is 514 g/mol. The second-order valence-electron chi connectivity index (χ2n) is 8.91. The van der Waals surface area contributed by atoms with Crippen molar-refractivity contribution in [2.24, 2.45) is 5.10 Å². The number of nitro groups is 1. The summed E-state index contributed by atoms with van der Waals surface area (Å²) in [5.74, 6) is -0.601. The molecule has 4 aromatic carbocycles. The number of anilines is 2. The molecule has 1 heterocycles. The van der Waals surface area contributed by atoms with Gasteiger partial charge < -0.3 is 5.32 Å². The van der Waals surface area contributed by atoms with Gasteiger partial charge in [0.2, 0.25) is 0 Å². The van der Waals surface area contributed by atoms with E-state index >= 15 is 0 Å². The van der Waals surface area contributed by atoms with Crippen molar-refractivity contribution in [1.29, 1.82) is 5.26 Å². The lowest BCUT2D eigenvalue weighted by Crippen LogP contribution is -2.18. The molecule has 1 unspecified atom stereocenters. The van der Waals surface area contributed by atoms with Gasteiger partial charge in [0.15, 0.2) is 0 Å². The molecule has 0 fully saturated rings. The predicted octanol–water partition coefficient (Wildman–Crippen LogP) is 6.50. The Kier molecular flexibility index (Phi) is 7.23. The van der Waals surface area contributed by atoms with Crippen LogP contribution in [0.5, 0.6) is 0 Å². The fraction of sp³-hybridized carbons (Fsp3) is 0.0645. The summed E-state index contributed by atoms with van der Waals surface area (Å²) in [6, 6.07) is 35.2. The van der Waals surface area contributed by atoms with Crippen LogP contribution >= 0.6 is 0 Å². The first-order valence-corrected chi connectivity index (χ1v) is 12.3. The van der Waals surface area contributed by atoms with Crippen molar-refractivity contribution in [3.05, 3.63) is 142 Å². The maximum atomic E-state index is 12.7. The van der Waals surface area contributed by atoms with Crippen molar-refractivity contribution in [2.45, 2.75) is 12.5 Å². The molecule has 0 bridgehead atoms. The number of hydrogen-bond acceptors (Lipinski definition) is 6. The van der Waals surface area contributed by atoms with E-state index in [1.54, 1.807) is 0 Å². The highest BCUT2D eigenvalue weighted by Gasteiger charge is 2.29. The van der Waals surface area contributed by atoms with E-state index in [1.807, 2.05) is 71.7 Å². The maximum absolute atomic E-state index is 12.7. The summed E-state index contributed by atoms with van der Waals surface area (Å²) in [5.41, 5.74) is 4.99. The molecule has 0 saturated heterocycles. The molecule has 190 valence electrons. The first-order valence-electron chi connectivity index (χ1n) is 12.3. The zero-order valence-corrected chi connectivity index (χ0v) is 20.8. The lowest BCUT2D eigenvalue weighted by molar-refractivity contribution is -0.384. The van der Waals surface area contributed by atoms with Crippen LogP contribution in [0.3, 0.4) is 0 Å². The van der Waals surface area contributed by atoms with E-state index in [2.05, 4.69) is 29.6 Å². The second-order valence-corrected chi connectivity index (χ2v) is 8.91. The van der Waals surface area contributed by atoms with Gasteiger partial charge >= 0.3 is 0 Å². The molecule has 0 aromatic heterocycles. The van der Waals surface area contributed by atoms with E-state index in [4.69, 9.17) is 5.10 Å². The molecular formula is C31H23N5O3. The van der Waals surface area contributed by atoms with E-state index in [0.717, 1.165) is 28.9 Å². The molecular weight excluding hydrogens is 490 g/mol. The monoisotopic (exact) mass is 513 g/mol. The summed E-state index contributed by atoms with van der Waals surface area (Å²) in [4.78, 5) is 23.0. The van der Waals surface area contributed by atoms with Crippen LogP contribution in [0.15, 0.2) is 120 Å². The van der Waals surface area contributed by atoms with Gasteiger partial charge in [0.1, 0.15) is 11.6 Å². The van der Waals surface area contributed by atoms with Crippen LogP contribution in [0.2, 0.25) is 0 Å². The lowest BCUT2D eigenvalue weighted by atomic mass is 9.98. The van der Waals surface area contributed by atoms with Crippen LogP contribution in [0, 0.1) is 21.4 Å². The van der Waals surface area contributed by atoms with Gasteiger partial charge in [-0.1, -0.05) is 72.8 Å². The second kappa shape index (κ2) is 11.2. The summed E-state index contributed by atoms with van der Waals surface area (Å²) < 4.78 is 0. The van der Waals surface area contributed by atoms with E-state index in [1.165, 1.54) is 30.3 Å². The number of nitriles is 1. The molecule has 1 aliphatic rings. The molecule has 0 saturated carbocycles. The molecule has 1 N–H and O–H groups in total. The van der Waals surface area contributed by atoms with Crippen molar-refractivity contribution in [3.8, 4) is 6.07 Å². The van der Waals surface area contributed by atoms with E-state index in [0.29, 0.717) is 11.3 Å². The largest absolute Gasteiger partial charge is 0.321 e. The molecule has 1 aliphatic heterocycles. The number of nitro benzene ring substituents is 1. The fourth-order valence-electron chi connectivity index (χ4n) is 4.39. The minimum absolute atomic E-state index is 0.0324. The van der Waals surface area contributed by atoms with Gasteiger partial charge in [-0.2, -0.15) is 10.4 Å². The minimum Gasteiger partial charge on any atom is -0.321 e. The van der Waals surface area contributed by atoms with Crippen LogP contribution in [0.1, 0.15) is 29.2 Å². The lowest BCUT2D eigenvalue weighted by Gasteiger charge is -2.24. The molecule has 5 rings (SSSR count). The number of benzene rings is 4. The standard InChI is InChI=1S/C31H23N5O3/c32-21-25(31(37)33-26-13-17-28(18-14-26)36(38)39)19-22-11-15-27(16-12-22)35-30(24-9-5-2-6-10-24)20-29(34-35)23-7-3-1-4-8-23/h1-19,30H,20H2,(H,33,37). The van der Waals surface area contributed by atoms with Gasteiger partial charge in [-0.25, -0.2) is 0 Å². The average Bonchev–Trinajstić information content (AvgIpc) is 3.43. The number of nitrogens with zero attached hydrogens (tertiary/aromatic N) is 4. The topological polar surface area (TPSA) is 112 Å². The summed E-state index contributed by atoms with van der Waals surface area (Å²) in [7, 11) is 0. The SMILES string of the molecule is N#CC(=Cc1ccc(N2N=C(c3ccccc3)CC2c2ccccc2)cc1)C(=O)Nc1ccc([N+](=O)[O-])cc1. The van der Waals surface area contributed by atoms with Gasteiger partial charge in [0.25, 0.3) is 11.6 Å². The number of non-ortho nitro benzene ring substituents is 1. The van der Waals surface area contributed by atoms with Gasteiger partial charge in [0, 0.05) is 24.2 Å². The van der Waals surface area contributed by atoms with E-state index in [-0.39, 0.29) is 17.3 Å². The Bertz CT molecular complexity index is 1590. The summed E-state index contributed by atoms with van der Waals surface area (Å²) in [6.45, 7) is 0. The Morgan fingerprint density at radius 1 is 0.949 bits per heavy atom. The van der Waals surface area contributed by atoms with Crippen LogP contribution < -0.4 is 10.3 Å². The predicted molar refractivity (Wildman–Crippen MR) is 151 cm³/mol. The number of rotatable bonds is 7. The van der Waals surface area contributed by atoms with E-state index < -0.39 is 10.8 Å². The normalized spacial score (nSPS) is 14.8. The number of carbonyl (C=O) groups is 1. The molecule has 8 heteroatoms. The van der Waals surface area contributed by atoms with E-state index in [9.17, 15) is 20.2 Å². The molecule has 4 aromatic rings. The molecule has 1 amide bonds. The van der Waals surface area contributed by atoms with Crippen molar-refractivity contribution in [3.63, 3.8) is 0 Å². The molecule has 1 atom stereocenters. The Morgan fingerprint density at radius 3 is 2.21 bits per heavy atom. The van der Waals surface area contributed by atoms with Crippen LogP contribution in [-0.4, -0.2) is 16.5 Å². The highest BCUT2D eigenvalue weighted by Crippen LogP contribution is 2.36. The fourth-order valence-corrected chi connectivity index (χ4v) is 4.39. The van der Waals surface area contributed by atoms with Gasteiger partial charge in [0.05, 0.1) is 22.4 Å². The van der Waals surface area contributed by atoms with Crippen molar-refractivity contribution in [1.82, 2.24) is 0 Å². The first-order chi connectivity index (χ1) is 19.0. The minimum atomic E-state index is -0.601. The Labute approximate surface area is 225 Å². The third-order valence-electron chi connectivity index (χ3n) is 6.37. The van der Waals surface area contributed by atoms with Crippen molar-refractivity contribution >= 4 is 34.8 Å². The Balaban J connectivity index is 1.37. The van der Waals surface area contributed by atoms with Crippen molar-refractivity contribution in [2.75, 3.05) is 10.3 Å². The molecule has 0 spiro atoms. The Morgan fingerprint density at radius 2 is 1.59 bits per heavy atom. The van der Waals surface area contributed by atoms with Gasteiger partial charge in [-0.15, -0.1) is 0 Å². The smallest absolute Gasteiger partial charge is 0.269 e. The summed E-state index contributed by atoms with van der Waals surface area (Å²) in [6.07, 6.45) is 2.26. The highest BCUT2D eigenvalue weighted by atomic mass is 16.6. The maximum Gasteiger partial charge on any atom is 0.269 e. The summed E-state index contributed by atoms with van der Waals surface area (Å²) in [5, 5.41) is 30.0. The molecule has 0 radical (unpaired) electrons.